The van der Waals surface area contributed by atoms with E-state index < -0.39 is 17.7 Å². The molecule has 1 aliphatic rings. The van der Waals surface area contributed by atoms with Crippen molar-refractivity contribution >= 4 is 45.7 Å². The predicted octanol–water partition coefficient (Wildman–Crippen LogP) is 7.07. The van der Waals surface area contributed by atoms with Crippen molar-refractivity contribution in [2.75, 3.05) is 12.0 Å². The lowest BCUT2D eigenvalue weighted by Crippen LogP contribution is -2.29. The number of Topliss-reactive ketones (excluding diaryl/α,β-unsaturated/α-hetero) is 1. The first-order valence-corrected chi connectivity index (χ1v) is 14.9. The third-order valence-electron chi connectivity index (χ3n) is 6.99. The minimum absolute atomic E-state index is 0.00716. The summed E-state index contributed by atoms with van der Waals surface area (Å²) in [7, 11) is 1.55. The largest absolute Gasteiger partial charge is 0.507 e. The number of nitrogens with zero attached hydrogens (tertiary/aromatic N) is 3. The van der Waals surface area contributed by atoms with Crippen LogP contribution >= 0.6 is 23.1 Å². The third-order valence-corrected chi connectivity index (χ3v) is 9.11. The van der Waals surface area contributed by atoms with Crippen LogP contribution in [0.1, 0.15) is 54.6 Å². The van der Waals surface area contributed by atoms with Crippen molar-refractivity contribution in [2.24, 2.45) is 0 Å². The normalized spacial score (nSPS) is 16.8. The van der Waals surface area contributed by atoms with Gasteiger partial charge in [0.2, 0.25) is 5.13 Å². The van der Waals surface area contributed by atoms with E-state index in [4.69, 9.17) is 4.74 Å². The number of methoxy groups -OCH3 is 1. The maximum absolute atomic E-state index is 13.5. The number of rotatable bonds is 7. The van der Waals surface area contributed by atoms with Gasteiger partial charge in [0.25, 0.3) is 5.78 Å². The fourth-order valence-electron chi connectivity index (χ4n) is 4.60. The number of ether oxygens (including phenoxy) is 1. The average Bonchev–Trinajstić information content (AvgIpc) is 3.54. The number of benzene rings is 3. The highest BCUT2D eigenvalue weighted by molar-refractivity contribution is 8.00. The highest BCUT2D eigenvalue weighted by Gasteiger charge is 2.48. The van der Waals surface area contributed by atoms with E-state index in [0.717, 1.165) is 11.1 Å². The molecule has 1 N–H and O–H groups in total. The molecule has 1 atom stereocenters. The van der Waals surface area contributed by atoms with E-state index >= 15 is 0 Å². The Balaban J connectivity index is 1.54. The van der Waals surface area contributed by atoms with E-state index in [1.54, 1.807) is 31.4 Å². The van der Waals surface area contributed by atoms with Crippen molar-refractivity contribution in [3.63, 3.8) is 0 Å². The van der Waals surface area contributed by atoms with Crippen molar-refractivity contribution < 1.29 is 19.4 Å². The minimum Gasteiger partial charge on any atom is -0.507 e. The standard InChI is InChI=1S/C32H31N3O4S2/c1-19-6-8-20(9-7-19)18-40-31-34-33-30(41-31)35-26(21-10-14-23(15-11-21)32(2,3)4)25(28(37)29(35)38)27(36)22-12-16-24(39-5)17-13-22/h6-17,26,36H,18H2,1-5H3/b27-25-. The summed E-state index contributed by atoms with van der Waals surface area (Å²) in [6.07, 6.45) is 0. The fraction of sp³-hybridized carbons (Fsp3) is 0.250. The molecule has 0 radical (unpaired) electrons. The van der Waals surface area contributed by atoms with Gasteiger partial charge in [-0.3, -0.25) is 14.5 Å². The first-order valence-electron chi connectivity index (χ1n) is 13.1. The smallest absolute Gasteiger partial charge is 0.301 e. The van der Waals surface area contributed by atoms with Crippen LogP contribution < -0.4 is 9.64 Å². The number of anilines is 1. The van der Waals surface area contributed by atoms with Crippen LogP contribution in [0.5, 0.6) is 5.75 Å². The van der Waals surface area contributed by atoms with Gasteiger partial charge in [-0.2, -0.15) is 0 Å². The second-order valence-electron chi connectivity index (χ2n) is 10.9. The lowest BCUT2D eigenvalue weighted by molar-refractivity contribution is -0.132. The molecule has 1 fully saturated rings. The van der Waals surface area contributed by atoms with Gasteiger partial charge >= 0.3 is 5.91 Å². The molecule has 7 nitrogen and oxygen atoms in total. The molecule has 0 spiro atoms. The van der Waals surface area contributed by atoms with Gasteiger partial charge in [-0.15, -0.1) is 10.2 Å². The first-order chi connectivity index (χ1) is 19.6. The van der Waals surface area contributed by atoms with E-state index in [2.05, 4.69) is 55.2 Å². The molecule has 9 heteroatoms. The minimum atomic E-state index is -0.867. The molecule has 1 aromatic heterocycles. The van der Waals surface area contributed by atoms with Gasteiger partial charge < -0.3 is 9.84 Å². The summed E-state index contributed by atoms with van der Waals surface area (Å²) in [5, 5.41) is 20.3. The quantitative estimate of drug-likeness (QED) is 0.0815. The van der Waals surface area contributed by atoms with Crippen LogP contribution in [0.25, 0.3) is 5.76 Å². The number of aliphatic hydroxyl groups excluding tert-OH is 1. The molecule has 1 unspecified atom stereocenters. The summed E-state index contributed by atoms with van der Waals surface area (Å²) >= 11 is 2.77. The number of thioether (sulfide) groups is 1. The number of aromatic nitrogens is 2. The third kappa shape index (κ3) is 5.92. The van der Waals surface area contributed by atoms with Crippen LogP contribution in [0.15, 0.2) is 82.7 Å². The van der Waals surface area contributed by atoms with Crippen molar-refractivity contribution in [2.45, 2.75) is 49.2 Å². The zero-order chi connectivity index (χ0) is 29.3. The number of ketones is 1. The number of aliphatic hydroxyl groups is 1. The molecule has 4 aromatic rings. The molecule has 1 aliphatic heterocycles. The summed E-state index contributed by atoms with van der Waals surface area (Å²) in [5.41, 5.74) is 4.48. The van der Waals surface area contributed by atoms with Crippen molar-refractivity contribution in [1.29, 1.82) is 0 Å². The van der Waals surface area contributed by atoms with E-state index in [-0.39, 0.29) is 16.7 Å². The molecule has 3 aromatic carbocycles. The number of hydrogen-bond acceptors (Lipinski definition) is 8. The maximum atomic E-state index is 13.5. The highest BCUT2D eigenvalue weighted by atomic mass is 32.2. The van der Waals surface area contributed by atoms with Crippen LogP contribution in [0.2, 0.25) is 0 Å². The summed E-state index contributed by atoms with van der Waals surface area (Å²) < 4.78 is 5.91. The van der Waals surface area contributed by atoms with E-state index in [1.807, 2.05) is 31.2 Å². The number of aryl methyl sites for hydroxylation is 1. The van der Waals surface area contributed by atoms with Crippen LogP contribution in [-0.4, -0.2) is 34.1 Å². The Morgan fingerprint density at radius 2 is 1.63 bits per heavy atom. The molecule has 41 heavy (non-hydrogen) atoms. The summed E-state index contributed by atoms with van der Waals surface area (Å²) in [6, 6.07) is 21.9. The van der Waals surface area contributed by atoms with Gasteiger partial charge in [0.05, 0.1) is 18.7 Å². The zero-order valence-electron chi connectivity index (χ0n) is 23.5. The van der Waals surface area contributed by atoms with Crippen LogP contribution in [0.3, 0.4) is 0 Å². The Morgan fingerprint density at radius 3 is 2.24 bits per heavy atom. The number of amides is 1. The van der Waals surface area contributed by atoms with Crippen LogP contribution in [0.4, 0.5) is 5.13 Å². The summed E-state index contributed by atoms with van der Waals surface area (Å²) in [6.45, 7) is 8.41. The first kappa shape index (κ1) is 28.6. The Morgan fingerprint density at radius 1 is 0.976 bits per heavy atom. The molecule has 0 aliphatic carbocycles. The molecule has 0 bridgehead atoms. The fourth-order valence-corrected chi connectivity index (χ4v) is 6.43. The Labute approximate surface area is 247 Å². The molecule has 1 saturated heterocycles. The van der Waals surface area contributed by atoms with Crippen molar-refractivity contribution in [3.8, 4) is 5.75 Å². The van der Waals surface area contributed by atoms with Gasteiger partial charge in [-0.1, -0.05) is 98.0 Å². The molecule has 1 amide bonds. The maximum Gasteiger partial charge on any atom is 0.301 e. The van der Waals surface area contributed by atoms with Gasteiger partial charge in [-0.05, 0) is 53.3 Å². The van der Waals surface area contributed by atoms with Gasteiger partial charge in [-0.25, -0.2) is 0 Å². The van der Waals surface area contributed by atoms with E-state index in [0.29, 0.717) is 32.1 Å². The van der Waals surface area contributed by atoms with Crippen LogP contribution in [-0.2, 0) is 20.8 Å². The lowest BCUT2D eigenvalue weighted by atomic mass is 9.85. The van der Waals surface area contributed by atoms with Crippen molar-refractivity contribution in [3.05, 3.63) is 106 Å². The Hall–Kier alpha value is -3.95. The topological polar surface area (TPSA) is 92.6 Å². The molecular formula is C32H31N3O4S2. The molecule has 210 valence electrons. The average molecular weight is 586 g/mol. The van der Waals surface area contributed by atoms with Crippen LogP contribution in [0, 0.1) is 6.92 Å². The highest BCUT2D eigenvalue weighted by Crippen LogP contribution is 2.44. The molecule has 2 heterocycles. The van der Waals surface area contributed by atoms with E-state index in [1.165, 1.54) is 33.6 Å². The lowest BCUT2D eigenvalue weighted by Gasteiger charge is -2.24. The monoisotopic (exact) mass is 585 g/mol. The Bertz CT molecular complexity index is 1600. The number of carbonyl (C=O) groups excluding carboxylic acids is 2. The summed E-state index contributed by atoms with van der Waals surface area (Å²) in [5.74, 6) is -0.468. The van der Waals surface area contributed by atoms with E-state index in [9.17, 15) is 14.7 Å². The van der Waals surface area contributed by atoms with Gasteiger partial charge in [0, 0.05) is 11.3 Å². The Kier molecular flexibility index (Phi) is 8.02. The van der Waals surface area contributed by atoms with Crippen molar-refractivity contribution in [1.82, 2.24) is 10.2 Å². The number of hydrogen-bond donors (Lipinski definition) is 1. The molecule has 0 saturated carbocycles. The van der Waals surface area contributed by atoms with Gasteiger partial charge in [0.1, 0.15) is 11.5 Å². The molecular weight excluding hydrogens is 555 g/mol. The second kappa shape index (κ2) is 11.5. The summed E-state index contributed by atoms with van der Waals surface area (Å²) in [4.78, 5) is 28.4. The second-order valence-corrected chi connectivity index (χ2v) is 13.1. The SMILES string of the molecule is COc1ccc(/C(O)=C2/C(=O)C(=O)N(c3nnc(SCc4ccc(C)cc4)s3)C2c2ccc(C(C)(C)C)cc2)cc1. The predicted molar refractivity (Wildman–Crippen MR) is 164 cm³/mol. The van der Waals surface area contributed by atoms with Gasteiger partial charge in [0.15, 0.2) is 4.34 Å². The zero-order valence-corrected chi connectivity index (χ0v) is 25.2. The number of carbonyl (C=O) groups is 2. The molecule has 5 rings (SSSR count).